The monoisotopic (exact) mass is 275 g/mol. The quantitative estimate of drug-likeness (QED) is 0.724. The van der Waals surface area contributed by atoms with Crippen LogP contribution in [0, 0.1) is 16.7 Å². The van der Waals surface area contributed by atoms with Crippen molar-refractivity contribution in [2.45, 2.75) is 51.0 Å². The Morgan fingerprint density at radius 1 is 1.25 bits per heavy atom. The van der Waals surface area contributed by atoms with Gasteiger partial charge in [-0.25, -0.2) is 0 Å². The Balaban J connectivity index is 1.72. The minimum atomic E-state index is -0.789. The van der Waals surface area contributed by atoms with Gasteiger partial charge in [0, 0.05) is 32.1 Å². The number of amides is 2. The number of piperazine rings is 1. The third kappa shape index (κ3) is 2.07. The molecule has 2 aliphatic heterocycles. The first-order valence-corrected chi connectivity index (χ1v) is 7.66. The second kappa shape index (κ2) is 5.08. The van der Waals surface area contributed by atoms with E-state index in [0.29, 0.717) is 38.9 Å². The molecule has 5 heteroatoms. The minimum Gasteiger partial charge on any atom is -0.337 e. The summed E-state index contributed by atoms with van der Waals surface area (Å²) in [6.07, 6.45) is 5.93. The first kappa shape index (κ1) is 13.4. The predicted octanol–water partition coefficient (Wildman–Crippen LogP) is 1.29. The molecular formula is C15H21N3O2. The Labute approximate surface area is 119 Å². The zero-order valence-corrected chi connectivity index (χ0v) is 11.8. The molecule has 3 fully saturated rings. The highest BCUT2D eigenvalue weighted by molar-refractivity contribution is 5.86. The number of carbonyl (C=O) groups excluding carboxylic acids is 2. The van der Waals surface area contributed by atoms with Gasteiger partial charge in [-0.15, -0.1) is 0 Å². The molecule has 0 N–H and O–H groups in total. The van der Waals surface area contributed by atoms with Gasteiger partial charge >= 0.3 is 0 Å². The Morgan fingerprint density at radius 2 is 2.00 bits per heavy atom. The SMILES string of the molecule is N#CC1(C(=O)N2CCN3C(=O)CCC3C2)CCCCC1. The van der Waals surface area contributed by atoms with Crippen LogP contribution in [0.5, 0.6) is 0 Å². The molecule has 0 aromatic rings. The van der Waals surface area contributed by atoms with Crippen LogP contribution < -0.4 is 0 Å². The molecule has 0 aromatic carbocycles. The minimum absolute atomic E-state index is 0.0127. The largest absolute Gasteiger partial charge is 0.337 e. The molecule has 3 aliphatic rings. The van der Waals surface area contributed by atoms with Crippen molar-refractivity contribution < 1.29 is 9.59 Å². The smallest absolute Gasteiger partial charge is 0.243 e. The number of hydrogen-bond donors (Lipinski definition) is 0. The number of nitrogens with zero attached hydrogens (tertiary/aromatic N) is 3. The third-order valence-electron chi connectivity index (χ3n) is 5.11. The standard InChI is InChI=1S/C15H21N3O2/c16-11-15(6-2-1-3-7-15)14(20)17-8-9-18-12(10-17)4-5-13(18)19/h12H,1-10H2. The van der Waals surface area contributed by atoms with Crippen LogP contribution in [0.3, 0.4) is 0 Å². The highest BCUT2D eigenvalue weighted by Crippen LogP contribution is 2.38. The number of carbonyl (C=O) groups is 2. The van der Waals surface area contributed by atoms with Gasteiger partial charge in [0.25, 0.3) is 0 Å². The molecule has 1 atom stereocenters. The van der Waals surface area contributed by atoms with Gasteiger partial charge < -0.3 is 9.80 Å². The van der Waals surface area contributed by atoms with Crippen LogP contribution >= 0.6 is 0 Å². The molecule has 3 rings (SSSR count). The molecule has 0 radical (unpaired) electrons. The fraction of sp³-hybridized carbons (Fsp3) is 0.800. The van der Waals surface area contributed by atoms with Crippen molar-refractivity contribution in [3.05, 3.63) is 0 Å². The second-order valence-electron chi connectivity index (χ2n) is 6.29. The lowest BCUT2D eigenvalue weighted by Crippen LogP contribution is -2.56. The second-order valence-corrected chi connectivity index (χ2v) is 6.29. The maximum atomic E-state index is 12.8. The highest BCUT2D eigenvalue weighted by Gasteiger charge is 2.45. The van der Waals surface area contributed by atoms with Gasteiger partial charge in [-0.05, 0) is 19.3 Å². The zero-order chi connectivity index (χ0) is 14.2. The molecule has 5 nitrogen and oxygen atoms in total. The van der Waals surface area contributed by atoms with Crippen LogP contribution in [0.25, 0.3) is 0 Å². The van der Waals surface area contributed by atoms with Gasteiger partial charge in [0.15, 0.2) is 0 Å². The van der Waals surface area contributed by atoms with Gasteiger partial charge in [-0.1, -0.05) is 19.3 Å². The van der Waals surface area contributed by atoms with Gasteiger partial charge in [-0.2, -0.15) is 5.26 Å². The van der Waals surface area contributed by atoms with Crippen molar-refractivity contribution in [3.63, 3.8) is 0 Å². The van der Waals surface area contributed by atoms with Crippen molar-refractivity contribution in [1.82, 2.24) is 9.80 Å². The summed E-state index contributed by atoms with van der Waals surface area (Å²) in [5.74, 6) is 0.230. The molecule has 1 aliphatic carbocycles. The molecule has 2 saturated heterocycles. The van der Waals surface area contributed by atoms with Crippen LogP contribution in [-0.2, 0) is 9.59 Å². The fourth-order valence-electron chi connectivity index (χ4n) is 3.88. The fourth-order valence-corrected chi connectivity index (χ4v) is 3.88. The van der Waals surface area contributed by atoms with Crippen LogP contribution in [0.1, 0.15) is 44.9 Å². The Hall–Kier alpha value is -1.57. The normalized spacial score (nSPS) is 28.9. The van der Waals surface area contributed by atoms with E-state index >= 15 is 0 Å². The summed E-state index contributed by atoms with van der Waals surface area (Å²) in [6.45, 7) is 1.84. The van der Waals surface area contributed by atoms with E-state index in [4.69, 9.17) is 0 Å². The first-order valence-electron chi connectivity index (χ1n) is 7.66. The van der Waals surface area contributed by atoms with E-state index in [2.05, 4.69) is 6.07 Å². The third-order valence-corrected chi connectivity index (χ3v) is 5.11. The van der Waals surface area contributed by atoms with Crippen LogP contribution in [0.15, 0.2) is 0 Å². The van der Waals surface area contributed by atoms with Gasteiger partial charge in [0.05, 0.1) is 6.07 Å². The molecule has 2 heterocycles. The molecule has 1 unspecified atom stereocenters. The Bertz CT molecular complexity index is 462. The van der Waals surface area contributed by atoms with Crippen LogP contribution in [0.4, 0.5) is 0 Å². The van der Waals surface area contributed by atoms with Crippen molar-refractivity contribution in [2.75, 3.05) is 19.6 Å². The Kier molecular flexibility index (Phi) is 3.41. The molecule has 0 bridgehead atoms. The number of rotatable bonds is 1. The van der Waals surface area contributed by atoms with Gasteiger partial charge in [0.1, 0.15) is 5.41 Å². The molecule has 20 heavy (non-hydrogen) atoms. The lowest BCUT2D eigenvalue weighted by Gasteiger charge is -2.41. The average molecular weight is 275 g/mol. The van der Waals surface area contributed by atoms with Crippen molar-refractivity contribution in [3.8, 4) is 6.07 Å². The molecule has 0 aromatic heterocycles. The lowest BCUT2D eigenvalue weighted by atomic mass is 9.74. The topological polar surface area (TPSA) is 64.4 Å². The molecule has 2 amide bonds. The summed E-state index contributed by atoms with van der Waals surface area (Å²) in [5.41, 5.74) is -0.789. The summed E-state index contributed by atoms with van der Waals surface area (Å²) in [4.78, 5) is 28.2. The lowest BCUT2D eigenvalue weighted by molar-refractivity contribution is -0.146. The maximum absolute atomic E-state index is 12.8. The van der Waals surface area contributed by atoms with E-state index in [1.165, 1.54) is 0 Å². The summed E-state index contributed by atoms with van der Waals surface area (Å²) in [5, 5.41) is 9.51. The summed E-state index contributed by atoms with van der Waals surface area (Å²) >= 11 is 0. The van der Waals surface area contributed by atoms with Crippen molar-refractivity contribution in [1.29, 1.82) is 5.26 Å². The van der Waals surface area contributed by atoms with Crippen molar-refractivity contribution >= 4 is 11.8 Å². The summed E-state index contributed by atoms with van der Waals surface area (Å²) < 4.78 is 0. The van der Waals surface area contributed by atoms with Crippen LogP contribution in [0.2, 0.25) is 0 Å². The maximum Gasteiger partial charge on any atom is 0.243 e. The van der Waals surface area contributed by atoms with E-state index in [9.17, 15) is 14.9 Å². The molecule has 0 spiro atoms. The number of nitriles is 1. The van der Waals surface area contributed by atoms with E-state index < -0.39 is 5.41 Å². The number of fused-ring (bicyclic) bond motifs is 1. The highest BCUT2D eigenvalue weighted by atomic mass is 16.2. The van der Waals surface area contributed by atoms with E-state index in [1.54, 1.807) is 0 Å². The van der Waals surface area contributed by atoms with E-state index in [1.807, 2.05) is 9.80 Å². The number of hydrogen-bond acceptors (Lipinski definition) is 3. The molecule has 108 valence electrons. The van der Waals surface area contributed by atoms with Gasteiger partial charge in [0.2, 0.25) is 11.8 Å². The summed E-state index contributed by atoms with van der Waals surface area (Å²) in [6, 6.07) is 2.49. The average Bonchev–Trinajstić information content (AvgIpc) is 2.88. The van der Waals surface area contributed by atoms with E-state index in [0.717, 1.165) is 25.7 Å². The van der Waals surface area contributed by atoms with E-state index in [-0.39, 0.29) is 17.9 Å². The zero-order valence-electron chi connectivity index (χ0n) is 11.8. The first-order chi connectivity index (χ1) is 9.66. The Morgan fingerprint density at radius 3 is 2.70 bits per heavy atom. The molecule has 1 saturated carbocycles. The van der Waals surface area contributed by atoms with Crippen LogP contribution in [-0.4, -0.2) is 47.3 Å². The molecular weight excluding hydrogens is 254 g/mol. The summed E-state index contributed by atoms with van der Waals surface area (Å²) in [7, 11) is 0. The predicted molar refractivity (Wildman–Crippen MR) is 72.4 cm³/mol. The van der Waals surface area contributed by atoms with Gasteiger partial charge in [-0.3, -0.25) is 9.59 Å². The van der Waals surface area contributed by atoms with Crippen molar-refractivity contribution in [2.24, 2.45) is 5.41 Å².